The summed E-state index contributed by atoms with van der Waals surface area (Å²) in [5, 5.41) is 6.19. The van der Waals surface area contributed by atoms with Gasteiger partial charge in [-0.15, -0.1) is 0 Å². The van der Waals surface area contributed by atoms with Gasteiger partial charge in [-0.3, -0.25) is 19.1 Å². The second kappa shape index (κ2) is 15.8. The van der Waals surface area contributed by atoms with E-state index in [1.54, 1.807) is 43.3 Å². The highest BCUT2D eigenvalue weighted by molar-refractivity contribution is 7.91. The number of ether oxygens (including phenoxy) is 4. The highest BCUT2D eigenvalue weighted by Crippen LogP contribution is 2.48. The van der Waals surface area contributed by atoms with Crippen molar-refractivity contribution in [3.05, 3.63) is 42.6 Å². The van der Waals surface area contributed by atoms with Gasteiger partial charge in [-0.25, -0.2) is 22.6 Å². The first-order chi connectivity index (χ1) is 27.2. The molecule has 0 radical (unpaired) electrons. The Kier molecular flexibility index (Phi) is 11.7. The normalized spacial score (nSPS) is 28.9. The molecule has 4 amide bonds. The second-order valence-corrected chi connectivity index (χ2v) is 18.0. The molecule has 3 fully saturated rings. The fourth-order valence-corrected chi connectivity index (χ4v) is 8.64. The average Bonchev–Trinajstić information content (AvgIpc) is 4.05. The van der Waals surface area contributed by atoms with Gasteiger partial charge in [-0.2, -0.15) is 13.2 Å². The molecule has 58 heavy (non-hydrogen) atoms. The Morgan fingerprint density at radius 2 is 1.86 bits per heavy atom. The first kappa shape index (κ1) is 42.9. The second-order valence-electron chi connectivity index (χ2n) is 15.9. The smallest absolute Gasteiger partial charge is 0.427 e. The van der Waals surface area contributed by atoms with Crippen LogP contribution in [0.25, 0.3) is 10.8 Å². The summed E-state index contributed by atoms with van der Waals surface area (Å²) in [6.45, 7) is 2.91. The van der Waals surface area contributed by atoms with E-state index in [-0.39, 0.29) is 38.1 Å². The van der Waals surface area contributed by atoms with Gasteiger partial charge in [-0.05, 0) is 89.5 Å². The number of hydrogen-bond donors (Lipinski definition) is 3. The topological polar surface area (TPSA) is 192 Å². The standard InChI is InChI=1S/C38H47F4N5O10S/c1-21-8-6-7-9-24-18-37(24,33(50)46-58(52,53)36(20-39)13-14-36)45-30(48)28-17-26(56-31-27-11-10-25(54-5)16-23(27)12-15-43-31)19-47(28)32(49)29(22(2)55-21)44-34(51)57-35(3,4)38(40,41)42/h7,9-12,15-16,21-22,24,26,28-29H,6,8,13-14,17-20H2,1-5H3,(H,44,51)(H,45,48)(H,46,50). The molecular weight excluding hydrogens is 795 g/mol. The van der Waals surface area contributed by atoms with Gasteiger partial charge in [0.15, 0.2) is 0 Å². The third-order valence-corrected chi connectivity index (χ3v) is 13.4. The van der Waals surface area contributed by atoms with E-state index in [1.807, 2.05) is 4.72 Å². The minimum atomic E-state index is -4.96. The zero-order valence-corrected chi connectivity index (χ0v) is 33.4. The van der Waals surface area contributed by atoms with Crippen LogP contribution in [-0.4, -0.2) is 115 Å². The molecule has 3 N–H and O–H groups in total. The minimum Gasteiger partial charge on any atom is -0.497 e. The van der Waals surface area contributed by atoms with Crippen LogP contribution in [0.4, 0.5) is 22.4 Å². The van der Waals surface area contributed by atoms with E-state index < -0.39 is 98.9 Å². The zero-order chi connectivity index (χ0) is 42.4. The lowest BCUT2D eigenvalue weighted by Crippen LogP contribution is -2.61. The summed E-state index contributed by atoms with van der Waals surface area (Å²) in [5.41, 5.74) is -4.74. The van der Waals surface area contributed by atoms with E-state index in [0.29, 0.717) is 43.2 Å². The number of nitrogens with zero attached hydrogens (tertiary/aromatic N) is 2. The lowest BCUT2D eigenvalue weighted by Gasteiger charge is -2.34. The summed E-state index contributed by atoms with van der Waals surface area (Å²) in [7, 11) is -2.97. The third-order valence-electron chi connectivity index (χ3n) is 11.3. The Balaban J connectivity index is 1.35. The van der Waals surface area contributed by atoms with E-state index in [9.17, 15) is 45.2 Å². The molecule has 1 aromatic carbocycles. The van der Waals surface area contributed by atoms with Crippen LogP contribution in [0.2, 0.25) is 0 Å². The molecule has 7 unspecified atom stereocenters. The average molecular weight is 842 g/mol. The van der Waals surface area contributed by atoms with Gasteiger partial charge in [-0.1, -0.05) is 12.2 Å². The van der Waals surface area contributed by atoms with Crippen molar-refractivity contribution in [1.82, 2.24) is 25.2 Å². The molecular formula is C38H47F4N5O10S. The Hall–Kier alpha value is -4.72. The summed E-state index contributed by atoms with van der Waals surface area (Å²) in [6, 6.07) is 3.75. The van der Waals surface area contributed by atoms with Crippen LogP contribution in [0.1, 0.15) is 66.2 Å². The number of nitrogens with one attached hydrogen (secondary N) is 3. The van der Waals surface area contributed by atoms with Crippen molar-refractivity contribution in [1.29, 1.82) is 0 Å². The molecule has 0 bridgehead atoms. The quantitative estimate of drug-likeness (QED) is 0.245. The number of methoxy groups -OCH3 is 1. The van der Waals surface area contributed by atoms with Crippen molar-refractivity contribution < 1.29 is 64.1 Å². The summed E-state index contributed by atoms with van der Waals surface area (Å²) in [5.74, 6) is -2.86. The molecule has 2 aliphatic carbocycles. The first-order valence-electron chi connectivity index (χ1n) is 18.9. The molecule has 1 saturated heterocycles. The molecule has 6 rings (SSSR count). The lowest BCUT2D eigenvalue weighted by molar-refractivity contribution is -0.244. The van der Waals surface area contributed by atoms with Crippen molar-refractivity contribution in [2.24, 2.45) is 5.92 Å². The number of allylic oxidation sites excluding steroid dienone is 1. The molecule has 0 spiro atoms. The number of carbonyl (C=O) groups is 4. The van der Waals surface area contributed by atoms with Gasteiger partial charge < -0.3 is 34.5 Å². The molecule has 2 aliphatic heterocycles. The van der Waals surface area contributed by atoms with E-state index >= 15 is 0 Å². The summed E-state index contributed by atoms with van der Waals surface area (Å²) >= 11 is 0. The monoisotopic (exact) mass is 841 g/mol. The molecule has 318 valence electrons. The molecule has 2 saturated carbocycles. The van der Waals surface area contributed by atoms with Gasteiger partial charge >= 0.3 is 12.3 Å². The highest BCUT2D eigenvalue weighted by atomic mass is 32.2. The van der Waals surface area contributed by atoms with Crippen molar-refractivity contribution in [2.75, 3.05) is 20.3 Å². The number of aromatic nitrogens is 1. The van der Waals surface area contributed by atoms with Crippen molar-refractivity contribution in [2.45, 2.75) is 119 Å². The maximum atomic E-state index is 14.6. The van der Waals surface area contributed by atoms with Gasteiger partial charge in [0.05, 0.1) is 25.9 Å². The van der Waals surface area contributed by atoms with E-state index in [4.69, 9.17) is 18.9 Å². The third kappa shape index (κ3) is 8.53. The number of halogens is 4. The number of pyridine rings is 1. The fourth-order valence-electron chi connectivity index (χ4n) is 7.21. The lowest BCUT2D eigenvalue weighted by atomic mass is 10.1. The van der Waals surface area contributed by atoms with Crippen LogP contribution in [0.15, 0.2) is 42.6 Å². The van der Waals surface area contributed by atoms with Crippen molar-refractivity contribution in [3.8, 4) is 11.6 Å². The number of hydrogen-bond acceptors (Lipinski definition) is 11. The van der Waals surface area contributed by atoms with Gasteiger partial charge in [0, 0.05) is 23.9 Å². The Morgan fingerprint density at radius 3 is 2.52 bits per heavy atom. The van der Waals surface area contributed by atoms with Crippen molar-refractivity contribution in [3.63, 3.8) is 0 Å². The number of carbonyl (C=O) groups excluding carboxylic acids is 4. The predicted octanol–water partition coefficient (Wildman–Crippen LogP) is 3.99. The van der Waals surface area contributed by atoms with Gasteiger partial charge in [0.1, 0.15) is 40.9 Å². The van der Waals surface area contributed by atoms with E-state index in [2.05, 4.69) is 15.6 Å². The van der Waals surface area contributed by atoms with Gasteiger partial charge in [0.2, 0.25) is 33.3 Å². The summed E-state index contributed by atoms with van der Waals surface area (Å²) < 4.78 is 104. The highest BCUT2D eigenvalue weighted by Gasteiger charge is 2.64. The largest absolute Gasteiger partial charge is 0.497 e. The minimum absolute atomic E-state index is 0.0166. The number of amides is 4. The zero-order valence-electron chi connectivity index (χ0n) is 32.6. The molecule has 20 heteroatoms. The molecule has 4 aliphatic rings. The van der Waals surface area contributed by atoms with Crippen LogP contribution in [0.3, 0.4) is 0 Å². The fraction of sp³-hybridized carbons (Fsp3) is 0.605. The summed E-state index contributed by atoms with van der Waals surface area (Å²) in [4.78, 5) is 61.4. The first-order valence-corrected chi connectivity index (χ1v) is 20.4. The number of alkyl halides is 4. The Morgan fingerprint density at radius 1 is 1.14 bits per heavy atom. The molecule has 15 nitrogen and oxygen atoms in total. The van der Waals surface area contributed by atoms with Gasteiger partial charge in [0.25, 0.3) is 5.91 Å². The van der Waals surface area contributed by atoms with E-state index in [0.717, 1.165) is 4.90 Å². The maximum absolute atomic E-state index is 14.6. The maximum Gasteiger partial charge on any atom is 0.427 e. The molecule has 7 atom stereocenters. The van der Waals surface area contributed by atoms with Crippen molar-refractivity contribution >= 4 is 44.6 Å². The number of fused-ring (bicyclic) bond motifs is 3. The number of benzene rings is 1. The van der Waals surface area contributed by atoms with Crippen LogP contribution in [0.5, 0.6) is 11.6 Å². The number of alkyl carbamates (subject to hydrolysis) is 1. The van der Waals surface area contributed by atoms with Crippen LogP contribution in [0, 0.1) is 5.92 Å². The van der Waals surface area contributed by atoms with Crippen LogP contribution in [-0.2, 0) is 33.9 Å². The molecule has 3 heterocycles. The van der Waals surface area contributed by atoms with E-state index in [1.165, 1.54) is 20.2 Å². The summed E-state index contributed by atoms with van der Waals surface area (Å²) in [6.07, 6.45) is -3.79. The Bertz CT molecular complexity index is 2080. The Labute approximate surface area is 332 Å². The van der Waals surface area contributed by atoms with Crippen LogP contribution >= 0.6 is 0 Å². The molecule has 1 aromatic heterocycles. The van der Waals surface area contributed by atoms with Crippen LogP contribution < -0.4 is 24.8 Å². The number of rotatable bonds is 9. The predicted molar refractivity (Wildman–Crippen MR) is 199 cm³/mol. The molecule has 2 aromatic rings. The number of sulfonamides is 1. The SMILES string of the molecule is COc1ccc2c(OC3CC4C(=O)NC5(C(=O)NS(=O)(=O)C6(CF)CC6)CC5C=CCCC(C)OC(C)C(NC(=O)OC(C)(C)C(F)(F)F)C(=O)N4C3)nccc2c1.